The Labute approximate surface area is 196 Å². The maximum absolute atomic E-state index is 13.2. The summed E-state index contributed by atoms with van der Waals surface area (Å²) in [5.41, 5.74) is 4.20. The van der Waals surface area contributed by atoms with Crippen LogP contribution in [-0.4, -0.2) is 48.2 Å². The SMILES string of the molecule is CC[C@H](C)[C@H](NC(=O)OCC1c2ccccc2-c2ccccc21)C(=O)NC(CC(=O)O)C(F)F. The quantitative estimate of drug-likeness (QED) is 0.480. The lowest BCUT2D eigenvalue weighted by atomic mass is 9.97. The van der Waals surface area contributed by atoms with Crippen molar-refractivity contribution >= 4 is 18.0 Å². The number of halogens is 2. The zero-order valence-electron chi connectivity index (χ0n) is 19.0. The summed E-state index contributed by atoms with van der Waals surface area (Å²) in [6, 6.07) is 12.7. The van der Waals surface area contributed by atoms with Crippen LogP contribution in [0.15, 0.2) is 48.5 Å². The number of amides is 2. The molecule has 0 heterocycles. The number of rotatable bonds is 10. The van der Waals surface area contributed by atoms with Crippen molar-refractivity contribution in [2.75, 3.05) is 6.61 Å². The summed E-state index contributed by atoms with van der Waals surface area (Å²) in [5, 5.41) is 13.3. The van der Waals surface area contributed by atoms with E-state index in [9.17, 15) is 23.2 Å². The fourth-order valence-electron chi connectivity index (χ4n) is 4.13. The van der Waals surface area contributed by atoms with Crippen LogP contribution in [0.4, 0.5) is 13.6 Å². The first-order valence-electron chi connectivity index (χ1n) is 11.1. The summed E-state index contributed by atoms with van der Waals surface area (Å²) < 4.78 is 31.8. The molecule has 34 heavy (non-hydrogen) atoms. The fourth-order valence-corrected chi connectivity index (χ4v) is 4.13. The standard InChI is InChI=1S/C25H28F2N2O5/c1-3-14(2)22(24(32)28-20(23(26)27)12-21(30)31)29-25(33)34-13-19-17-10-6-4-8-15(17)16-9-5-7-11-18(16)19/h4-11,14,19-20,22-23H,3,12-13H2,1-2H3,(H,28,32)(H,29,33)(H,30,31)/t14-,20?,22-/m0/s1. The van der Waals surface area contributed by atoms with Crippen molar-refractivity contribution in [3.8, 4) is 11.1 Å². The average Bonchev–Trinajstić information content (AvgIpc) is 3.13. The number of ether oxygens (including phenoxy) is 1. The van der Waals surface area contributed by atoms with Crippen molar-refractivity contribution in [1.82, 2.24) is 10.6 Å². The number of carboxylic acids is 1. The zero-order chi connectivity index (χ0) is 24.8. The first-order chi connectivity index (χ1) is 16.2. The summed E-state index contributed by atoms with van der Waals surface area (Å²) in [7, 11) is 0. The van der Waals surface area contributed by atoms with E-state index in [1.165, 1.54) is 0 Å². The third-order valence-electron chi connectivity index (χ3n) is 6.14. The van der Waals surface area contributed by atoms with Crippen LogP contribution >= 0.6 is 0 Å². The second-order valence-corrected chi connectivity index (χ2v) is 8.38. The molecule has 3 rings (SSSR count). The minimum absolute atomic E-state index is 0.0351. The Morgan fingerprint density at radius 1 is 1.00 bits per heavy atom. The van der Waals surface area contributed by atoms with Gasteiger partial charge < -0.3 is 20.5 Å². The summed E-state index contributed by atoms with van der Waals surface area (Å²) >= 11 is 0. The van der Waals surface area contributed by atoms with E-state index in [1.807, 2.05) is 48.5 Å². The lowest BCUT2D eigenvalue weighted by Crippen LogP contribution is -2.54. The summed E-state index contributed by atoms with van der Waals surface area (Å²) in [4.78, 5) is 36.1. The maximum atomic E-state index is 13.2. The molecule has 2 amide bonds. The van der Waals surface area contributed by atoms with Crippen LogP contribution in [0.1, 0.15) is 43.7 Å². The Balaban J connectivity index is 1.68. The molecule has 0 saturated carbocycles. The number of fused-ring (bicyclic) bond motifs is 3. The highest BCUT2D eigenvalue weighted by atomic mass is 19.3. The summed E-state index contributed by atoms with van der Waals surface area (Å²) in [5.74, 6) is -2.92. The Hall–Kier alpha value is -3.49. The smallest absolute Gasteiger partial charge is 0.407 e. The molecule has 0 radical (unpaired) electrons. The van der Waals surface area contributed by atoms with E-state index in [1.54, 1.807) is 13.8 Å². The number of carboxylic acid groups (broad SMARTS) is 1. The topological polar surface area (TPSA) is 105 Å². The Morgan fingerprint density at radius 3 is 2.06 bits per heavy atom. The highest BCUT2D eigenvalue weighted by Gasteiger charge is 2.33. The number of carbonyl (C=O) groups is 3. The van der Waals surface area contributed by atoms with Crippen LogP contribution in [0.5, 0.6) is 0 Å². The second-order valence-electron chi connectivity index (χ2n) is 8.38. The largest absolute Gasteiger partial charge is 0.481 e. The van der Waals surface area contributed by atoms with Gasteiger partial charge in [0, 0.05) is 5.92 Å². The predicted octanol–water partition coefficient (Wildman–Crippen LogP) is 4.16. The highest BCUT2D eigenvalue weighted by Crippen LogP contribution is 2.44. The Morgan fingerprint density at radius 2 is 1.56 bits per heavy atom. The van der Waals surface area contributed by atoms with Gasteiger partial charge in [-0.05, 0) is 28.2 Å². The molecule has 1 unspecified atom stereocenters. The molecule has 3 atom stereocenters. The molecule has 7 nitrogen and oxygen atoms in total. The fraction of sp³-hybridized carbons (Fsp3) is 0.400. The number of alkyl carbamates (subject to hydrolysis) is 1. The van der Waals surface area contributed by atoms with Gasteiger partial charge in [0.25, 0.3) is 6.43 Å². The molecule has 0 spiro atoms. The van der Waals surface area contributed by atoms with E-state index in [4.69, 9.17) is 9.84 Å². The van der Waals surface area contributed by atoms with Gasteiger partial charge in [-0.3, -0.25) is 9.59 Å². The van der Waals surface area contributed by atoms with Crippen LogP contribution < -0.4 is 10.6 Å². The summed E-state index contributed by atoms with van der Waals surface area (Å²) in [6.45, 7) is 3.50. The molecule has 0 fully saturated rings. The summed E-state index contributed by atoms with van der Waals surface area (Å²) in [6.07, 6.45) is -4.37. The average molecular weight is 475 g/mol. The van der Waals surface area contributed by atoms with Crippen LogP contribution in [0.25, 0.3) is 11.1 Å². The monoisotopic (exact) mass is 474 g/mol. The molecule has 0 aliphatic heterocycles. The molecule has 3 N–H and O–H groups in total. The Kier molecular flexibility index (Phi) is 8.20. The zero-order valence-corrected chi connectivity index (χ0v) is 19.0. The minimum atomic E-state index is -3.06. The van der Waals surface area contributed by atoms with E-state index in [2.05, 4.69) is 10.6 Å². The third-order valence-corrected chi connectivity index (χ3v) is 6.14. The number of nitrogens with one attached hydrogen (secondary N) is 2. The van der Waals surface area contributed by atoms with Crippen molar-refractivity contribution in [2.45, 2.75) is 51.1 Å². The second kappa shape index (κ2) is 11.1. The molecule has 9 heteroatoms. The van der Waals surface area contributed by atoms with E-state index < -0.39 is 48.8 Å². The number of aliphatic carboxylic acids is 1. The molecule has 0 aromatic heterocycles. The highest BCUT2D eigenvalue weighted by molar-refractivity contribution is 5.86. The Bertz CT molecular complexity index is 1000. The van der Waals surface area contributed by atoms with Crippen molar-refractivity contribution in [3.63, 3.8) is 0 Å². The number of carbonyl (C=O) groups excluding carboxylic acids is 2. The number of hydrogen-bond acceptors (Lipinski definition) is 4. The van der Waals surface area contributed by atoms with E-state index in [0.717, 1.165) is 22.3 Å². The lowest BCUT2D eigenvalue weighted by molar-refractivity contribution is -0.139. The molecule has 1 aliphatic rings. The molecule has 182 valence electrons. The molecular weight excluding hydrogens is 446 g/mol. The van der Waals surface area contributed by atoms with Gasteiger partial charge in [-0.25, -0.2) is 13.6 Å². The molecule has 0 saturated heterocycles. The minimum Gasteiger partial charge on any atom is -0.481 e. The van der Waals surface area contributed by atoms with Crippen molar-refractivity contribution in [1.29, 1.82) is 0 Å². The van der Waals surface area contributed by atoms with Crippen LogP contribution in [0.3, 0.4) is 0 Å². The van der Waals surface area contributed by atoms with Crippen molar-refractivity contribution < 1.29 is 33.0 Å². The van der Waals surface area contributed by atoms with Crippen LogP contribution in [0, 0.1) is 5.92 Å². The van der Waals surface area contributed by atoms with E-state index in [0.29, 0.717) is 6.42 Å². The van der Waals surface area contributed by atoms with Crippen LogP contribution in [-0.2, 0) is 14.3 Å². The van der Waals surface area contributed by atoms with Gasteiger partial charge in [-0.15, -0.1) is 0 Å². The van der Waals surface area contributed by atoms with Crippen molar-refractivity contribution in [2.24, 2.45) is 5.92 Å². The van der Waals surface area contributed by atoms with Gasteiger partial charge in [0.15, 0.2) is 0 Å². The maximum Gasteiger partial charge on any atom is 0.407 e. The molecule has 2 aromatic carbocycles. The number of benzene rings is 2. The molecular formula is C25H28F2N2O5. The predicted molar refractivity (Wildman–Crippen MR) is 122 cm³/mol. The van der Waals surface area contributed by atoms with Gasteiger partial charge in [0.05, 0.1) is 6.42 Å². The first kappa shape index (κ1) is 25.1. The van der Waals surface area contributed by atoms with Crippen LogP contribution in [0.2, 0.25) is 0 Å². The number of alkyl halides is 2. The van der Waals surface area contributed by atoms with E-state index >= 15 is 0 Å². The lowest BCUT2D eigenvalue weighted by Gasteiger charge is -2.26. The molecule has 2 aromatic rings. The number of hydrogen-bond donors (Lipinski definition) is 3. The molecule has 0 bridgehead atoms. The third kappa shape index (κ3) is 5.70. The van der Waals surface area contributed by atoms with Gasteiger partial charge in [-0.2, -0.15) is 0 Å². The van der Waals surface area contributed by atoms with Gasteiger partial charge in [0.1, 0.15) is 18.7 Å². The first-order valence-corrected chi connectivity index (χ1v) is 11.1. The van der Waals surface area contributed by atoms with Crippen molar-refractivity contribution in [3.05, 3.63) is 59.7 Å². The van der Waals surface area contributed by atoms with Gasteiger partial charge in [0.2, 0.25) is 5.91 Å². The molecule has 1 aliphatic carbocycles. The van der Waals surface area contributed by atoms with Gasteiger partial charge in [-0.1, -0.05) is 68.8 Å². The van der Waals surface area contributed by atoms with Gasteiger partial charge >= 0.3 is 12.1 Å². The van der Waals surface area contributed by atoms with E-state index in [-0.39, 0.29) is 12.5 Å². The normalized spacial score (nSPS) is 15.1.